The molecule has 0 spiro atoms. The predicted molar refractivity (Wildman–Crippen MR) is 113 cm³/mol. The van der Waals surface area contributed by atoms with Crippen molar-refractivity contribution in [3.8, 4) is 0 Å². The van der Waals surface area contributed by atoms with Gasteiger partial charge >= 0.3 is 0 Å². The molecule has 172 valence electrons. The number of nitrogens with one attached hydrogen (secondary N) is 1. The van der Waals surface area contributed by atoms with Crippen LogP contribution in [0.15, 0.2) is 6.33 Å². The maximum absolute atomic E-state index is 13.4. The summed E-state index contributed by atoms with van der Waals surface area (Å²) in [7, 11) is 0. The molecule has 0 bridgehead atoms. The van der Waals surface area contributed by atoms with E-state index < -0.39 is 5.54 Å². The third-order valence-electron chi connectivity index (χ3n) is 5.72. The minimum atomic E-state index is -1.07. The molecule has 10 heteroatoms. The molecule has 3 rings (SSSR count). The van der Waals surface area contributed by atoms with Gasteiger partial charge in [0.05, 0.1) is 32.2 Å². The van der Waals surface area contributed by atoms with Crippen molar-refractivity contribution in [1.82, 2.24) is 24.7 Å². The topological polar surface area (TPSA) is 106 Å². The Morgan fingerprint density at radius 2 is 2.03 bits per heavy atom. The lowest BCUT2D eigenvalue weighted by Crippen LogP contribution is -2.64. The van der Waals surface area contributed by atoms with Gasteiger partial charge in [-0.2, -0.15) is 0 Å². The Kier molecular flexibility index (Phi) is 7.32. The van der Waals surface area contributed by atoms with Crippen molar-refractivity contribution in [3.05, 3.63) is 17.7 Å². The molecule has 0 aliphatic carbocycles. The standard InChI is InChI=1S/C21H33N5O5/c1-5-26-19(28)17-16(18(27)24-8-11-30-12-9-24)23-14-25(17)13-21(26,4)20(29)22-7-6-10-31-15(2)3/h14-15H,5-13H2,1-4H3,(H,22,29)/t21-/m1/s1. The van der Waals surface area contributed by atoms with Crippen molar-refractivity contribution >= 4 is 17.7 Å². The minimum Gasteiger partial charge on any atom is -0.379 e. The van der Waals surface area contributed by atoms with Gasteiger partial charge in [-0.25, -0.2) is 4.98 Å². The molecular weight excluding hydrogens is 402 g/mol. The first-order valence-corrected chi connectivity index (χ1v) is 10.9. The monoisotopic (exact) mass is 435 g/mol. The second kappa shape index (κ2) is 9.78. The summed E-state index contributed by atoms with van der Waals surface area (Å²) in [4.78, 5) is 46.8. The molecule has 0 aromatic carbocycles. The highest BCUT2D eigenvalue weighted by atomic mass is 16.5. The molecule has 1 fully saturated rings. The number of hydrogen-bond donors (Lipinski definition) is 1. The highest BCUT2D eigenvalue weighted by Gasteiger charge is 2.48. The van der Waals surface area contributed by atoms with Gasteiger partial charge in [0.15, 0.2) is 5.69 Å². The number of ether oxygens (including phenoxy) is 2. The number of nitrogens with zero attached hydrogens (tertiary/aromatic N) is 4. The van der Waals surface area contributed by atoms with Crippen molar-refractivity contribution < 1.29 is 23.9 Å². The lowest BCUT2D eigenvalue weighted by atomic mass is 9.94. The number of morpholine rings is 1. The van der Waals surface area contributed by atoms with Crippen LogP contribution >= 0.6 is 0 Å². The summed E-state index contributed by atoms with van der Waals surface area (Å²) >= 11 is 0. The number of carbonyl (C=O) groups is 3. The van der Waals surface area contributed by atoms with Crippen molar-refractivity contribution in [2.75, 3.05) is 46.0 Å². The SMILES string of the molecule is CCN1C(=O)c2c(C(=O)N3CCOCC3)ncn2C[C@]1(C)C(=O)NCCCOC(C)C. The largest absolute Gasteiger partial charge is 0.379 e. The molecule has 1 N–H and O–H groups in total. The van der Waals surface area contributed by atoms with Crippen LogP contribution in [0.2, 0.25) is 0 Å². The maximum Gasteiger partial charge on any atom is 0.275 e. The smallest absolute Gasteiger partial charge is 0.275 e. The van der Waals surface area contributed by atoms with Crippen LogP contribution in [-0.4, -0.2) is 94.7 Å². The third-order valence-corrected chi connectivity index (χ3v) is 5.72. The summed E-state index contributed by atoms with van der Waals surface area (Å²) in [5.41, 5.74) is -0.690. The van der Waals surface area contributed by atoms with E-state index in [0.717, 1.165) is 0 Å². The molecule has 0 radical (unpaired) electrons. The zero-order chi connectivity index (χ0) is 22.6. The van der Waals surface area contributed by atoms with Crippen LogP contribution in [0, 0.1) is 0 Å². The van der Waals surface area contributed by atoms with E-state index in [9.17, 15) is 14.4 Å². The Morgan fingerprint density at radius 3 is 2.68 bits per heavy atom. The van der Waals surface area contributed by atoms with Gasteiger partial charge < -0.3 is 29.2 Å². The van der Waals surface area contributed by atoms with Crippen LogP contribution in [0.5, 0.6) is 0 Å². The summed E-state index contributed by atoms with van der Waals surface area (Å²) in [6, 6.07) is 0. The summed E-state index contributed by atoms with van der Waals surface area (Å²) in [6.07, 6.45) is 2.32. The fourth-order valence-corrected chi connectivity index (χ4v) is 4.04. The predicted octanol–water partition coefficient (Wildman–Crippen LogP) is 0.521. The Labute approximate surface area is 182 Å². The summed E-state index contributed by atoms with van der Waals surface area (Å²) in [5, 5.41) is 2.93. The molecular formula is C21H33N5O5. The van der Waals surface area contributed by atoms with Crippen molar-refractivity contribution in [3.63, 3.8) is 0 Å². The third kappa shape index (κ3) is 4.74. The number of imidazole rings is 1. The van der Waals surface area contributed by atoms with Crippen LogP contribution in [0.4, 0.5) is 0 Å². The Morgan fingerprint density at radius 1 is 1.32 bits per heavy atom. The molecule has 1 atom stereocenters. The molecule has 2 aliphatic rings. The van der Waals surface area contributed by atoms with Crippen molar-refractivity contribution in [1.29, 1.82) is 0 Å². The number of amides is 3. The van der Waals surface area contributed by atoms with Crippen LogP contribution in [0.3, 0.4) is 0 Å². The average Bonchev–Trinajstić information content (AvgIpc) is 3.17. The average molecular weight is 436 g/mol. The Balaban J connectivity index is 1.75. The van der Waals surface area contributed by atoms with Gasteiger partial charge in [0.25, 0.3) is 11.8 Å². The Bertz CT molecular complexity index is 817. The van der Waals surface area contributed by atoms with Gasteiger partial charge in [0, 0.05) is 32.8 Å². The van der Waals surface area contributed by atoms with E-state index in [1.54, 1.807) is 16.4 Å². The number of fused-ring (bicyclic) bond motifs is 1. The van der Waals surface area contributed by atoms with Crippen molar-refractivity contribution in [2.24, 2.45) is 0 Å². The lowest BCUT2D eigenvalue weighted by molar-refractivity contribution is -0.132. The maximum atomic E-state index is 13.4. The van der Waals surface area contributed by atoms with Crippen LogP contribution in [0.1, 0.15) is 55.1 Å². The molecule has 2 aliphatic heterocycles. The van der Waals surface area contributed by atoms with Gasteiger partial charge in [-0.05, 0) is 34.1 Å². The number of rotatable bonds is 8. The van der Waals surface area contributed by atoms with E-state index in [1.807, 2.05) is 20.8 Å². The fourth-order valence-electron chi connectivity index (χ4n) is 4.04. The van der Waals surface area contributed by atoms with E-state index in [1.165, 1.54) is 11.2 Å². The van der Waals surface area contributed by atoms with E-state index >= 15 is 0 Å². The quantitative estimate of drug-likeness (QED) is 0.597. The second-order valence-electron chi connectivity index (χ2n) is 8.33. The minimum absolute atomic E-state index is 0.138. The number of aromatic nitrogens is 2. The van der Waals surface area contributed by atoms with Crippen LogP contribution < -0.4 is 5.32 Å². The zero-order valence-electron chi connectivity index (χ0n) is 18.8. The zero-order valence-corrected chi connectivity index (χ0v) is 18.8. The summed E-state index contributed by atoms with van der Waals surface area (Å²) in [6.45, 7) is 11.0. The van der Waals surface area contributed by atoms with Crippen LogP contribution in [-0.2, 0) is 20.8 Å². The fraction of sp³-hybridized carbons (Fsp3) is 0.714. The highest BCUT2D eigenvalue weighted by molar-refractivity contribution is 6.07. The van der Waals surface area contributed by atoms with Gasteiger partial charge in [-0.3, -0.25) is 14.4 Å². The normalized spacial score (nSPS) is 21.4. The first kappa shape index (κ1) is 23.2. The second-order valence-corrected chi connectivity index (χ2v) is 8.33. The van der Waals surface area contributed by atoms with E-state index in [-0.39, 0.29) is 41.8 Å². The summed E-state index contributed by atoms with van der Waals surface area (Å²) < 4.78 is 12.4. The summed E-state index contributed by atoms with van der Waals surface area (Å²) in [5.74, 6) is -0.865. The molecule has 0 saturated carbocycles. The molecule has 1 aromatic heterocycles. The van der Waals surface area contributed by atoms with Crippen molar-refractivity contribution in [2.45, 2.75) is 52.3 Å². The van der Waals surface area contributed by atoms with Gasteiger partial charge in [-0.15, -0.1) is 0 Å². The first-order valence-electron chi connectivity index (χ1n) is 10.9. The molecule has 31 heavy (non-hydrogen) atoms. The molecule has 10 nitrogen and oxygen atoms in total. The van der Waals surface area contributed by atoms with E-state index in [0.29, 0.717) is 52.4 Å². The van der Waals surface area contributed by atoms with Gasteiger partial charge in [0.2, 0.25) is 5.91 Å². The number of carbonyl (C=O) groups excluding carboxylic acids is 3. The molecule has 0 unspecified atom stereocenters. The molecule has 3 amide bonds. The lowest BCUT2D eigenvalue weighted by Gasteiger charge is -2.43. The first-order chi connectivity index (χ1) is 14.8. The van der Waals surface area contributed by atoms with E-state index in [4.69, 9.17) is 9.47 Å². The molecule has 1 saturated heterocycles. The highest BCUT2D eigenvalue weighted by Crippen LogP contribution is 2.29. The molecule has 1 aromatic rings. The Hall–Kier alpha value is -2.46. The van der Waals surface area contributed by atoms with Crippen LogP contribution in [0.25, 0.3) is 0 Å². The van der Waals surface area contributed by atoms with Gasteiger partial charge in [-0.1, -0.05) is 0 Å². The van der Waals surface area contributed by atoms with Gasteiger partial charge in [0.1, 0.15) is 11.2 Å². The number of hydrogen-bond acceptors (Lipinski definition) is 6. The molecule has 3 heterocycles. The van der Waals surface area contributed by atoms with E-state index in [2.05, 4.69) is 10.3 Å². The number of likely N-dealkylation sites (N-methyl/N-ethyl adjacent to an activating group) is 1.